The molecule has 3 N–H and O–H groups in total. The lowest BCUT2D eigenvalue weighted by molar-refractivity contribution is -0.145. The molecular formula is C10H13N3O5. The van der Waals surface area contributed by atoms with Crippen LogP contribution in [0, 0.1) is 6.92 Å². The molecule has 0 spiro atoms. The Morgan fingerprint density at radius 2 is 2.06 bits per heavy atom. The average Bonchev–Trinajstić information content (AvgIpc) is 2.58. The predicted octanol–water partition coefficient (Wildman–Crippen LogP) is -0.614. The largest absolute Gasteiger partial charge is 0.481 e. The van der Waals surface area contributed by atoms with Gasteiger partial charge in [0.2, 0.25) is 0 Å². The van der Waals surface area contributed by atoms with Crippen molar-refractivity contribution in [3.05, 3.63) is 17.5 Å². The minimum absolute atomic E-state index is 0.217. The van der Waals surface area contributed by atoms with E-state index in [9.17, 15) is 14.4 Å². The number of amides is 1. The standard InChI is InChI=1S/C10H13N3O5/c1-5-6(4-11-13(5)2)9(16)12-7(10(17)18)3-8(14)15/h4,7H,3H2,1-2H3,(H,12,16)(H,14,15)(H,17,18)/t7-/m0/s1. The molecule has 0 saturated carbocycles. The Labute approximate surface area is 102 Å². The summed E-state index contributed by atoms with van der Waals surface area (Å²) in [5.41, 5.74) is 0.779. The van der Waals surface area contributed by atoms with E-state index < -0.39 is 30.3 Å². The molecule has 0 aromatic carbocycles. The van der Waals surface area contributed by atoms with Gasteiger partial charge in [0.25, 0.3) is 5.91 Å². The van der Waals surface area contributed by atoms with Crippen LogP contribution in [-0.4, -0.2) is 43.9 Å². The monoisotopic (exact) mass is 255 g/mol. The van der Waals surface area contributed by atoms with Gasteiger partial charge in [-0.15, -0.1) is 0 Å². The van der Waals surface area contributed by atoms with E-state index in [0.717, 1.165) is 0 Å². The molecule has 1 aromatic heterocycles. The molecule has 0 fully saturated rings. The van der Waals surface area contributed by atoms with Crippen molar-refractivity contribution in [2.45, 2.75) is 19.4 Å². The summed E-state index contributed by atoms with van der Waals surface area (Å²) >= 11 is 0. The fourth-order valence-electron chi connectivity index (χ4n) is 1.33. The van der Waals surface area contributed by atoms with Crippen LogP contribution in [0.15, 0.2) is 6.20 Å². The lowest BCUT2D eigenvalue weighted by Crippen LogP contribution is -2.42. The average molecular weight is 255 g/mol. The lowest BCUT2D eigenvalue weighted by Gasteiger charge is -2.11. The zero-order valence-corrected chi connectivity index (χ0v) is 9.88. The van der Waals surface area contributed by atoms with E-state index in [0.29, 0.717) is 5.69 Å². The first-order valence-corrected chi connectivity index (χ1v) is 5.07. The highest BCUT2D eigenvalue weighted by Crippen LogP contribution is 2.06. The van der Waals surface area contributed by atoms with E-state index in [-0.39, 0.29) is 5.56 Å². The molecule has 0 aliphatic carbocycles. The van der Waals surface area contributed by atoms with E-state index >= 15 is 0 Å². The molecule has 18 heavy (non-hydrogen) atoms. The van der Waals surface area contributed by atoms with Gasteiger partial charge in [-0.05, 0) is 6.92 Å². The Bertz CT molecular complexity index is 494. The Morgan fingerprint density at radius 3 is 2.44 bits per heavy atom. The van der Waals surface area contributed by atoms with Gasteiger partial charge in [-0.25, -0.2) is 4.79 Å². The number of carbonyl (C=O) groups excluding carboxylic acids is 1. The molecule has 1 atom stereocenters. The molecule has 1 rings (SSSR count). The molecule has 0 radical (unpaired) electrons. The SMILES string of the molecule is Cc1c(C(=O)N[C@@H](CC(=O)O)C(=O)O)cnn1C. The van der Waals surface area contributed by atoms with Gasteiger partial charge < -0.3 is 15.5 Å². The first kappa shape index (κ1) is 13.7. The molecule has 1 heterocycles. The number of nitrogens with zero attached hydrogens (tertiary/aromatic N) is 2. The van der Waals surface area contributed by atoms with Crippen LogP contribution in [0.3, 0.4) is 0 Å². The molecule has 8 nitrogen and oxygen atoms in total. The lowest BCUT2D eigenvalue weighted by atomic mass is 10.2. The fourth-order valence-corrected chi connectivity index (χ4v) is 1.33. The van der Waals surface area contributed by atoms with Crippen LogP contribution < -0.4 is 5.32 Å². The first-order chi connectivity index (χ1) is 8.32. The van der Waals surface area contributed by atoms with Gasteiger partial charge in [-0.3, -0.25) is 14.3 Å². The van der Waals surface area contributed by atoms with Gasteiger partial charge in [0.05, 0.1) is 18.2 Å². The maximum atomic E-state index is 11.8. The summed E-state index contributed by atoms with van der Waals surface area (Å²) in [5.74, 6) is -3.35. The molecule has 0 bridgehead atoms. The Morgan fingerprint density at radius 1 is 1.44 bits per heavy atom. The second-order valence-corrected chi connectivity index (χ2v) is 3.73. The molecule has 8 heteroatoms. The number of nitrogens with one attached hydrogen (secondary N) is 1. The highest BCUT2D eigenvalue weighted by molar-refractivity contribution is 5.98. The van der Waals surface area contributed by atoms with E-state index in [1.165, 1.54) is 10.9 Å². The van der Waals surface area contributed by atoms with Crippen molar-refractivity contribution in [2.75, 3.05) is 0 Å². The van der Waals surface area contributed by atoms with Crippen molar-refractivity contribution >= 4 is 17.8 Å². The number of aliphatic carboxylic acids is 2. The van der Waals surface area contributed by atoms with Crippen LogP contribution in [0.2, 0.25) is 0 Å². The van der Waals surface area contributed by atoms with Crippen molar-refractivity contribution in [2.24, 2.45) is 7.05 Å². The molecular weight excluding hydrogens is 242 g/mol. The predicted molar refractivity (Wildman–Crippen MR) is 59.1 cm³/mol. The summed E-state index contributed by atoms with van der Waals surface area (Å²) in [7, 11) is 1.64. The highest BCUT2D eigenvalue weighted by Gasteiger charge is 2.24. The van der Waals surface area contributed by atoms with Gasteiger partial charge in [-0.2, -0.15) is 5.10 Å². The van der Waals surface area contributed by atoms with Crippen LogP contribution in [0.25, 0.3) is 0 Å². The summed E-state index contributed by atoms with van der Waals surface area (Å²) in [5, 5.41) is 23.3. The van der Waals surface area contributed by atoms with E-state index in [2.05, 4.69) is 10.4 Å². The number of carbonyl (C=O) groups is 3. The van der Waals surface area contributed by atoms with Crippen molar-refractivity contribution in [3.8, 4) is 0 Å². The number of hydrogen-bond donors (Lipinski definition) is 3. The van der Waals surface area contributed by atoms with Crippen molar-refractivity contribution in [3.63, 3.8) is 0 Å². The minimum atomic E-state index is -1.46. The number of rotatable bonds is 5. The number of carboxylic acid groups (broad SMARTS) is 2. The summed E-state index contributed by atoms with van der Waals surface area (Å²) < 4.78 is 1.46. The van der Waals surface area contributed by atoms with E-state index in [1.54, 1.807) is 14.0 Å². The van der Waals surface area contributed by atoms with Crippen molar-refractivity contribution < 1.29 is 24.6 Å². The zero-order chi connectivity index (χ0) is 13.9. The third-order valence-corrected chi connectivity index (χ3v) is 2.46. The van der Waals surface area contributed by atoms with E-state index in [1.807, 2.05) is 0 Å². The Balaban J connectivity index is 2.82. The molecule has 0 saturated heterocycles. The maximum Gasteiger partial charge on any atom is 0.326 e. The Hall–Kier alpha value is -2.38. The number of aryl methyl sites for hydroxylation is 1. The van der Waals surface area contributed by atoms with Gasteiger partial charge in [0.15, 0.2) is 0 Å². The van der Waals surface area contributed by atoms with Crippen molar-refractivity contribution in [1.82, 2.24) is 15.1 Å². The first-order valence-electron chi connectivity index (χ1n) is 5.07. The second kappa shape index (κ2) is 5.30. The highest BCUT2D eigenvalue weighted by atomic mass is 16.4. The maximum absolute atomic E-state index is 11.8. The van der Waals surface area contributed by atoms with Crippen LogP contribution >= 0.6 is 0 Å². The summed E-state index contributed by atoms with van der Waals surface area (Å²) in [6, 6.07) is -1.46. The number of carboxylic acids is 2. The van der Waals surface area contributed by atoms with Gasteiger partial charge in [0, 0.05) is 12.7 Å². The number of aromatic nitrogens is 2. The third kappa shape index (κ3) is 3.06. The van der Waals surface area contributed by atoms with E-state index in [4.69, 9.17) is 10.2 Å². The van der Waals surface area contributed by atoms with Crippen LogP contribution in [0.1, 0.15) is 22.5 Å². The zero-order valence-electron chi connectivity index (χ0n) is 9.88. The second-order valence-electron chi connectivity index (χ2n) is 3.73. The molecule has 98 valence electrons. The van der Waals surface area contributed by atoms with Gasteiger partial charge in [-0.1, -0.05) is 0 Å². The third-order valence-electron chi connectivity index (χ3n) is 2.46. The number of hydrogen-bond acceptors (Lipinski definition) is 4. The van der Waals surface area contributed by atoms with Crippen LogP contribution in [0.5, 0.6) is 0 Å². The molecule has 0 unspecified atom stereocenters. The summed E-state index contributed by atoms with van der Waals surface area (Å²) in [4.78, 5) is 33.0. The van der Waals surface area contributed by atoms with Crippen LogP contribution in [-0.2, 0) is 16.6 Å². The Kier molecular flexibility index (Phi) is 4.03. The molecule has 1 amide bonds. The molecule has 1 aromatic rings. The quantitative estimate of drug-likeness (QED) is 0.645. The molecule has 0 aliphatic heterocycles. The topological polar surface area (TPSA) is 122 Å². The summed E-state index contributed by atoms with van der Waals surface area (Å²) in [6.45, 7) is 1.65. The van der Waals surface area contributed by atoms with Crippen LogP contribution in [0.4, 0.5) is 0 Å². The van der Waals surface area contributed by atoms with Gasteiger partial charge >= 0.3 is 11.9 Å². The normalized spacial score (nSPS) is 11.9. The minimum Gasteiger partial charge on any atom is -0.481 e. The van der Waals surface area contributed by atoms with Crippen molar-refractivity contribution in [1.29, 1.82) is 0 Å². The smallest absolute Gasteiger partial charge is 0.326 e. The van der Waals surface area contributed by atoms with Gasteiger partial charge in [0.1, 0.15) is 6.04 Å². The molecule has 0 aliphatic rings. The fraction of sp³-hybridized carbons (Fsp3) is 0.400. The summed E-state index contributed by atoms with van der Waals surface area (Å²) in [6.07, 6.45) is 0.616.